The molecule has 0 aliphatic rings. The molecular formula is C12H15Cl2NO2. The highest BCUT2D eigenvalue weighted by atomic mass is 35.5. The van der Waals surface area contributed by atoms with Gasteiger partial charge in [-0.05, 0) is 30.5 Å². The second-order valence-electron chi connectivity index (χ2n) is 3.92. The Kier molecular flexibility index (Phi) is 5.75. The Morgan fingerprint density at radius 1 is 1.29 bits per heavy atom. The SMILES string of the molecule is NC(CCCCC(=O)O)c1ccc(Cl)c(Cl)c1. The molecule has 1 rings (SSSR count). The summed E-state index contributed by atoms with van der Waals surface area (Å²) in [6, 6.07) is 5.19. The van der Waals surface area contributed by atoms with Crippen LogP contribution in [0.1, 0.15) is 37.3 Å². The maximum atomic E-state index is 10.3. The van der Waals surface area contributed by atoms with Crippen molar-refractivity contribution in [1.82, 2.24) is 0 Å². The second kappa shape index (κ2) is 6.84. The van der Waals surface area contributed by atoms with Crippen LogP contribution in [-0.4, -0.2) is 11.1 Å². The van der Waals surface area contributed by atoms with E-state index < -0.39 is 5.97 Å². The van der Waals surface area contributed by atoms with Crippen molar-refractivity contribution in [1.29, 1.82) is 0 Å². The first-order valence-corrected chi connectivity index (χ1v) is 6.18. The van der Waals surface area contributed by atoms with Gasteiger partial charge in [0.05, 0.1) is 10.0 Å². The van der Waals surface area contributed by atoms with Gasteiger partial charge >= 0.3 is 5.97 Å². The molecule has 0 aliphatic heterocycles. The summed E-state index contributed by atoms with van der Waals surface area (Å²) in [7, 11) is 0. The lowest BCUT2D eigenvalue weighted by Crippen LogP contribution is -2.10. The summed E-state index contributed by atoms with van der Waals surface area (Å²) in [6.07, 6.45) is 2.36. The van der Waals surface area contributed by atoms with Crippen molar-refractivity contribution in [2.75, 3.05) is 0 Å². The van der Waals surface area contributed by atoms with Gasteiger partial charge in [0.2, 0.25) is 0 Å². The molecule has 0 saturated heterocycles. The van der Waals surface area contributed by atoms with E-state index in [9.17, 15) is 4.79 Å². The molecule has 0 spiro atoms. The highest BCUT2D eigenvalue weighted by Crippen LogP contribution is 2.26. The molecule has 0 heterocycles. The Morgan fingerprint density at radius 3 is 2.59 bits per heavy atom. The van der Waals surface area contributed by atoms with E-state index in [2.05, 4.69) is 0 Å². The normalized spacial score (nSPS) is 12.4. The van der Waals surface area contributed by atoms with Gasteiger partial charge in [-0.1, -0.05) is 35.7 Å². The van der Waals surface area contributed by atoms with Gasteiger partial charge in [0.25, 0.3) is 0 Å². The molecule has 94 valence electrons. The molecule has 1 aromatic rings. The average Bonchev–Trinajstić information content (AvgIpc) is 2.27. The summed E-state index contributed by atoms with van der Waals surface area (Å²) in [5, 5.41) is 9.50. The number of halogens is 2. The predicted octanol–water partition coefficient (Wildman–Crippen LogP) is 3.64. The van der Waals surface area contributed by atoms with E-state index in [4.69, 9.17) is 34.0 Å². The summed E-state index contributed by atoms with van der Waals surface area (Å²) >= 11 is 11.7. The first-order valence-electron chi connectivity index (χ1n) is 5.43. The van der Waals surface area contributed by atoms with E-state index in [1.54, 1.807) is 12.1 Å². The molecule has 1 aromatic carbocycles. The van der Waals surface area contributed by atoms with Crippen LogP contribution < -0.4 is 5.73 Å². The van der Waals surface area contributed by atoms with E-state index in [0.717, 1.165) is 18.4 Å². The zero-order valence-corrected chi connectivity index (χ0v) is 10.8. The number of rotatable bonds is 6. The number of nitrogens with two attached hydrogens (primary N) is 1. The Balaban J connectivity index is 2.44. The van der Waals surface area contributed by atoms with Crippen molar-refractivity contribution in [3.05, 3.63) is 33.8 Å². The average molecular weight is 276 g/mol. The molecule has 5 heteroatoms. The van der Waals surface area contributed by atoms with Gasteiger partial charge in [-0.3, -0.25) is 4.79 Å². The fourth-order valence-electron chi connectivity index (χ4n) is 1.55. The van der Waals surface area contributed by atoms with Gasteiger partial charge in [-0.15, -0.1) is 0 Å². The zero-order chi connectivity index (χ0) is 12.8. The van der Waals surface area contributed by atoms with Crippen molar-refractivity contribution in [3.8, 4) is 0 Å². The standard InChI is InChI=1S/C12H15Cl2NO2/c13-9-6-5-8(7-10(9)14)11(15)3-1-2-4-12(16)17/h5-7,11H,1-4,15H2,(H,16,17). The number of benzene rings is 1. The topological polar surface area (TPSA) is 63.3 Å². The van der Waals surface area contributed by atoms with E-state index in [1.807, 2.05) is 6.07 Å². The van der Waals surface area contributed by atoms with Crippen molar-refractivity contribution in [2.45, 2.75) is 31.7 Å². The number of carboxylic acids is 1. The molecule has 0 bridgehead atoms. The van der Waals surface area contributed by atoms with Crippen LogP contribution in [0.4, 0.5) is 0 Å². The number of hydrogen-bond donors (Lipinski definition) is 2. The van der Waals surface area contributed by atoms with Crippen LogP contribution in [0.3, 0.4) is 0 Å². The predicted molar refractivity (Wildman–Crippen MR) is 69.5 cm³/mol. The van der Waals surface area contributed by atoms with Crippen LogP contribution in [0.15, 0.2) is 18.2 Å². The lowest BCUT2D eigenvalue weighted by atomic mass is 10.0. The molecule has 1 atom stereocenters. The molecule has 0 aliphatic carbocycles. The minimum atomic E-state index is -0.770. The van der Waals surface area contributed by atoms with Crippen LogP contribution >= 0.6 is 23.2 Å². The largest absolute Gasteiger partial charge is 0.481 e. The van der Waals surface area contributed by atoms with Crippen LogP contribution in [0.25, 0.3) is 0 Å². The van der Waals surface area contributed by atoms with Gasteiger partial charge < -0.3 is 10.8 Å². The number of unbranched alkanes of at least 4 members (excludes halogenated alkanes) is 1. The number of carboxylic acid groups (broad SMARTS) is 1. The Labute approximate surface area is 111 Å². The summed E-state index contributed by atoms with van der Waals surface area (Å²) in [5.74, 6) is -0.770. The minimum absolute atomic E-state index is 0.126. The lowest BCUT2D eigenvalue weighted by Gasteiger charge is -2.12. The van der Waals surface area contributed by atoms with E-state index in [1.165, 1.54) is 0 Å². The molecule has 0 amide bonds. The summed E-state index contributed by atoms with van der Waals surface area (Å²) in [6.45, 7) is 0. The molecule has 17 heavy (non-hydrogen) atoms. The van der Waals surface area contributed by atoms with E-state index >= 15 is 0 Å². The molecule has 0 saturated carbocycles. The van der Waals surface area contributed by atoms with Crippen molar-refractivity contribution >= 4 is 29.2 Å². The molecule has 1 unspecified atom stereocenters. The fourth-order valence-corrected chi connectivity index (χ4v) is 1.86. The Bertz CT molecular complexity index is 396. The van der Waals surface area contributed by atoms with E-state index in [0.29, 0.717) is 16.5 Å². The molecular weight excluding hydrogens is 261 g/mol. The van der Waals surface area contributed by atoms with Gasteiger partial charge in [0.15, 0.2) is 0 Å². The number of carbonyl (C=O) groups is 1. The van der Waals surface area contributed by atoms with Crippen molar-refractivity contribution in [2.24, 2.45) is 5.73 Å². The van der Waals surface area contributed by atoms with Crippen molar-refractivity contribution < 1.29 is 9.90 Å². The highest BCUT2D eigenvalue weighted by Gasteiger charge is 2.08. The number of hydrogen-bond acceptors (Lipinski definition) is 2. The summed E-state index contributed by atoms with van der Waals surface area (Å²) in [4.78, 5) is 10.3. The molecule has 0 fully saturated rings. The van der Waals surface area contributed by atoms with Gasteiger partial charge in [0, 0.05) is 12.5 Å². The molecule has 3 nitrogen and oxygen atoms in total. The lowest BCUT2D eigenvalue weighted by molar-refractivity contribution is -0.137. The van der Waals surface area contributed by atoms with Gasteiger partial charge in [0.1, 0.15) is 0 Å². The molecule has 3 N–H and O–H groups in total. The van der Waals surface area contributed by atoms with Crippen LogP contribution in [0.2, 0.25) is 10.0 Å². The summed E-state index contributed by atoms with van der Waals surface area (Å²) in [5.41, 5.74) is 6.91. The third-order valence-corrected chi connectivity index (χ3v) is 3.27. The quantitative estimate of drug-likeness (QED) is 0.780. The third kappa shape index (κ3) is 4.94. The maximum Gasteiger partial charge on any atom is 0.303 e. The van der Waals surface area contributed by atoms with Crippen LogP contribution in [0, 0.1) is 0 Å². The smallest absolute Gasteiger partial charge is 0.303 e. The first-order chi connectivity index (χ1) is 8.00. The zero-order valence-electron chi connectivity index (χ0n) is 9.33. The van der Waals surface area contributed by atoms with Gasteiger partial charge in [-0.2, -0.15) is 0 Å². The minimum Gasteiger partial charge on any atom is -0.481 e. The van der Waals surface area contributed by atoms with Crippen molar-refractivity contribution in [3.63, 3.8) is 0 Å². The molecule has 0 aromatic heterocycles. The second-order valence-corrected chi connectivity index (χ2v) is 4.73. The third-order valence-electron chi connectivity index (χ3n) is 2.53. The maximum absolute atomic E-state index is 10.3. The monoisotopic (exact) mass is 275 g/mol. The number of aliphatic carboxylic acids is 1. The molecule has 0 radical (unpaired) electrons. The summed E-state index contributed by atoms with van der Waals surface area (Å²) < 4.78 is 0. The van der Waals surface area contributed by atoms with Crippen LogP contribution in [0.5, 0.6) is 0 Å². The highest BCUT2D eigenvalue weighted by molar-refractivity contribution is 6.42. The van der Waals surface area contributed by atoms with E-state index in [-0.39, 0.29) is 12.5 Å². The Hall–Kier alpha value is -0.770. The first kappa shape index (κ1) is 14.3. The van der Waals surface area contributed by atoms with Crippen LogP contribution in [-0.2, 0) is 4.79 Å². The van der Waals surface area contributed by atoms with Gasteiger partial charge in [-0.25, -0.2) is 0 Å². The Morgan fingerprint density at radius 2 is 2.00 bits per heavy atom. The fraction of sp³-hybridized carbons (Fsp3) is 0.417.